The number of nitrogens with zero attached hydrogens (tertiary/aromatic N) is 4. The summed E-state index contributed by atoms with van der Waals surface area (Å²) in [6.45, 7) is 2.17. The zero-order valence-corrected chi connectivity index (χ0v) is 8.55. The van der Waals surface area contributed by atoms with Crippen LogP contribution in [0.25, 0.3) is 5.65 Å². The molecule has 0 atom stereocenters. The van der Waals surface area contributed by atoms with E-state index >= 15 is 0 Å². The van der Waals surface area contributed by atoms with E-state index in [-0.39, 0.29) is 0 Å². The van der Waals surface area contributed by atoms with Gasteiger partial charge in [0.1, 0.15) is 0 Å². The minimum Gasteiger partial charge on any atom is -0.383 e. The molecule has 0 radical (unpaired) electrons. The van der Waals surface area contributed by atoms with Gasteiger partial charge in [-0.2, -0.15) is 0 Å². The lowest BCUT2D eigenvalue weighted by Gasteiger charge is -2.01. The summed E-state index contributed by atoms with van der Waals surface area (Å²) in [6.07, 6.45) is 5.25. The first kappa shape index (κ1) is 10.0. The Labute approximate surface area is 87.3 Å². The van der Waals surface area contributed by atoms with Gasteiger partial charge in [-0.05, 0) is 0 Å². The Balaban J connectivity index is 2.02. The second-order valence-corrected chi connectivity index (χ2v) is 3.09. The van der Waals surface area contributed by atoms with Crippen molar-refractivity contribution in [3.63, 3.8) is 0 Å². The highest BCUT2D eigenvalue weighted by molar-refractivity contribution is 5.33. The molecule has 0 aliphatic heterocycles. The van der Waals surface area contributed by atoms with Crippen LogP contribution in [0.4, 0.5) is 0 Å². The third kappa shape index (κ3) is 2.28. The third-order valence-corrected chi connectivity index (χ3v) is 2.05. The standard InChI is InChI=1S/C9H13N5O/c1-15-5-3-11-7-9-13-12-8-6-10-2-4-14(8)9/h2,4,6,11H,3,5,7H2,1H3. The molecule has 0 fully saturated rings. The maximum atomic E-state index is 4.93. The molecule has 0 aliphatic rings. The molecule has 0 unspecified atom stereocenters. The summed E-state index contributed by atoms with van der Waals surface area (Å²) >= 11 is 0. The Bertz CT molecular complexity index is 427. The Hall–Kier alpha value is -1.53. The predicted octanol–water partition coefficient (Wildman–Crippen LogP) is -0.140. The second kappa shape index (κ2) is 4.81. The number of ether oxygens (including phenoxy) is 1. The fourth-order valence-electron chi connectivity index (χ4n) is 1.30. The molecule has 0 spiro atoms. The van der Waals surface area contributed by atoms with E-state index in [2.05, 4.69) is 20.5 Å². The van der Waals surface area contributed by atoms with E-state index in [0.29, 0.717) is 13.2 Å². The minimum atomic E-state index is 0.675. The molecule has 0 amide bonds. The largest absolute Gasteiger partial charge is 0.383 e. The van der Waals surface area contributed by atoms with Gasteiger partial charge in [0.05, 0.1) is 19.3 Å². The maximum Gasteiger partial charge on any atom is 0.179 e. The Kier molecular flexibility index (Phi) is 3.21. The molecule has 6 nitrogen and oxygen atoms in total. The topological polar surface area (TPSA) is 64.3 Å². The van der Waals surface area contributed by atoms with Crippen molar-refractivity contribution >= 4 is 5.65 Å². The Morgan fingerprint density at radius 3 is 3.27 bits per heavy atom. The van der Waals surface area contributed by atoms with Crippen molar-refractivity contribution in [1.82, 2.24) is 24.9 Å². The van der Waals surface area contributed by atoms with Crippen molar-refractivity contribution in [2.75, 3.05) is 20.3 Å². The maximum absolute atomic E-state index is 4.93. The van der Waals surface area contributed by atoms with Crippen molar-refractivity contribution in [3.8, 4) is 0 Å². The summed E-state index contributed by atoms with van der Waals surface area (Å²) in [5.74, 6) is 0.878. The van der Waals surface area contributed by atoms with E-state index in [1.54, 1.807) is 19.5 Å². The van der Waals surface area contributed by atoms with Crippen LogP contribution in [0.3, 0.4) is 0 Å². The van der Waals surface area contributed by atoms with E-state index in [4.69, 9.17) is 4.74 Å². The molecule has 6 heteroatoms. The summed E-state index contributed by atoms with van der Waals surface area (Å²) in [6, 6.07) is 0. The van der Waals surface area contributed by atoms with Crippen LogP contribution in [-0.4, -0.2) is 39.8 Å². The second-order valence-electron chi connectivity index (χ2n) is 3.09. The summed E-state index contributed by atoms with van der Waals surface area (Å²) < 4.78 is 6.84. The average molecular weight is 207 g/mol. The summed E-state index contributed by atoms with van der Waals surface area (Å²) in [4.78, 5) is 3.97. The first-order valence-corrected chi connectivity index (χ1v) is 4.75. The molecule has 0 aromatic carbocycles. The van der Waals surface area contributed by atoms with Crippen LogP contribution in [0.1, 0.15) is 5.82 Å². The van der Waals surface area contributed by atoms with E-state index in [0.717, 1.165) is 18.0 Å². The normalized spacial score (nSPS) is 11.0. The van der Waals surface area contributed by atoms with Crippen LogP contribution < -0.4 is 5.32 Å². The molecular weight excluding hydrogens is 194 g/mol. The van der Waals surface area contributed by atoms with E-state index in [1.807, 2.05) is 10.6 Å². The molecule has 1 N–H and O–H groups in total. The quantitative estimate of drug-likeness (QED) is 0.691. The van der Waals surface area contributed by atoms with Crippen molar-refractivity contribution in [3.05, 3.63) is 24.4 Å². The van der Waals surface area contributed by atoms with Crippen LogP contribution in [-0.2, 0) is 11.3 Å². The van der Waals surface area contributed by atoms with Crippen molar-refractivity contribution in [2.45, 2.75) is 6.54 Å². The Morgan fingerprint density at radius 1 is 1.47 bits per heavy atom. The van der Waals surface area contributed by atoms with Crippen molar-refractivity contribution in [1.29, 1.82) is 0 Å². The first-order valence-electron chi connectivity index (χ1n) is 4.75. The number of methoxy groups -OCH3 is 1. The predicted molar refractivity (Wildman–Crippen MR) is 54.4 cm³/mol. The Morgan fingerprint density at radius 2 is 2.40 bits per heavy atom. The fraction of sp³-hybridized carbons (Fsp3) is 0.444. The van der Waals surface area contributed by atoms with Crippen LogP contribution in [0.15, 0.2) is 18.6 Å². The summed E-state index contributed by atoms with van der Waals surface area (Å²) in [5, 5.41) is 11.3. The molecule has 2 aromatic rings. The molecule has 2 heterocycles. The van der Waals surface area contributed by atoms with Crippen LogP contribution in [0, 0.1) is 0 Å². The summed E-state index contributed by atoms with van der Waals surface area (Å²) in [7, 11) is 1.68. The van der Waals surface area contributed by atoms with Gasteiger partial charge >= 0.3 is 0 Å². The molecule has 0 saturated carbocycles. The van der Waals surface area contributed by atoms with Crippen molar-refractivity contribution in [2.24, 2.45) is 0 Å². The van der Waals surface area contributed by atoms with Gasteiger partial charge in [0, 0.05) is 26.0 Å². The van der Waals surface area contributed by atoms with Gasteiger partial charge in [-0.1, -0.05) is 0 Å². The van der Waals surface area contributed by atoms with Gasteiger partial charge in [-0.25, -0.2) is 0 Å². The van der Waals surface area contributed by atoms with Gasteiger partial charge < -0.3 is 10.1 Å². The van der Waals surface area contributed by atoms with Gasteiger partial charge in [0.2, 0.25) is 0 Å². The van der Waals surface area contributed by atoms with Crippen LogP contribution >= 0.6 is 0 Å². The highest BCUT2D eigenvalue weighted by Gasteiger charge is 2.03. The number of hydrogen-bond donors (Lipinski definition) is 1. The lowest BCUT2D eigenvalue weighted by Crippen LogP contribution is -2.20. The molecule has 80 valence electrons. The lowest BCUT2D eigenvalue weighted by atomic mass is 10.5. The van der Waals surface area contributed by atoms with Gasteiger partial charge in [0.25, 0.3) is 0 Å². The van der Waals surface area contributed by atoms with Crippen molar-refractivity contribution < 1.29 is 4.74 Å². The van der Waals surface area contributed by atoms with E-state index in [9.17, 15) is 0 Å². The van der Waals surface area contributed by atoms with E-state index in [1.165, 1.54) is 0 Å². The van der Waals surface area contributed by atoms with Crippen LogP contribution in [0.5, 0.6) is 0 Å². The van der Waals surface area contributed by atoms with Gasteiger partial charge in [0.15, 0.2) is 11.5 Å². The highest BCUT2D eigenvalue weighted by Crippen LogP contribution is 1.99. The number of fused-ring (bicyclic) bond motifs is 1. The first-order chi connectivity index (χ1) is 7.42. The lowest BCUT2D eigenvalue weighted by molar-refractivity contribution is 0.199. The third-order valence-electron chi connectivity index (χ3n) is 2.05. The molecule has 15 heavy (non-hydrogen) atoms. The zero-order chi connectivity index (χ0) is 10.5. The molecule has 0 aliphatic carbocycles. The number of hydrogen-bond acceptors (Lipinski definition) is 5. The van der Waals surface area contributed by atoms with Crippen LogP contribution in [0.2, 0.25) is 0 Å². The number of nitrogens with one attached hydrogen (secondary N) is 1. The SMILES string of the molecule is COCCNCc1nnc2cnccn12. The number of aromatic nitrogens is 4. The smallest absolute Gasteiger partial charge is 0.179 e. The molecule has 0 bridgehead atoms. The zero-order valence-electron chi connectivity index (χ0n) is 8.55. The molecule has 2 aromatic heterocycles. The van der Waals surface area contributed by atoms with E-state index < -0.39 is 0 Å². The highest BCUT2D eigenvalue weighted by atomic mass is 16.5. The molecule has 2 rings (SSSR count). The van der Waals surface area contributed by atoms with Gasteiger partial charge in [-0.3, -0.25) is 9.38 Å². The fourth-order valence-corrected chi connectivity index (χ4v) is 1.30. The molecular formula is C9H13N5O. The monoisotopic (exact) mass is 207 g/mol. The average Bonchev–Trinajstić information content (AvgIpc) is 2.68. The summed E-state index contributed by atoms with van der Waals surface area (Å²) in [5.41, 5.74) is 0.765. The molecule has 0 saturated heterocycles. The number of rotatable bonds is 5. The van der Waals surface area contributed by atoms with Gasteiger partial charge in [-0.15, -0.1) is 10.2 Å². The minimum absolute atomic E-state index is 0.675.